The van der Waals surface area contributed by atoms with Crippen LogP contribution in [-0.2, 0) is 17.9 Å². The largest absolute Gasteiger partial charge is 0.493 e. The molecule has 2 rings (SSSR count). The number of nitrogens with zero attached hydrogens (tertiary/aromatic N) is 2. The molecule has 7 heteroatoms. The van der Waals surface area contributed by atoms with E-state index in [0.717, 1.165) is 23.4 Å². The second kappa shape index (κ2) is 8.53. The summed E-state index contributed by atoms with van der Waals surface area (Å²) in [7, 11) is 3.15. The number of aromatic nitrogens is 2. The van der Waals surface area contributed by atoms with Crippen molar-refractivity contribution >= 4 is 5.91 Å². The standard InChI is InChI=1S/C18H26N4O3/c1-5-22-11-14(12(2)21-22)10-20-18(23)9-15(19)13-6-7-16(24-3)17(8-13)25-4/h6-8,11,15H,5,9-10,19H2,1-4H3,(H,20,23)/t15-/m0/s1. The Kier molecular flexibility index (Phi) is 6.41. The van der Waals surface area contributed by atoms with Gasteiger partial charge < -0.3 is 20.5 Å². The third kappa shape index (κ3) is 4.73. The maximum absolute atomic E-state index is 12.2. The molecule has 2 aromatic rings. The summed E-state index contributed by atoms with van der Waals surface area (Å²) in [6, 6.07) is 5.01. The van der Waals surface area contributed by atoms with Gasteiger partial charge >= 0.3 is 0 Å². The number of aryl methyl sites for hydroxylation is 2. The van der Waals surface area contributed by atoms with Crippen LogP contribution in [0.2, 0.25) is 0 Å². The summed E-state index contributed by atoms with van der Waals surface area (Å²) in [5, 5.41) is 7.27. The van der Waals surface area contributed by atoms with Crippen LogP contribution in [0.3, 0.4) is 0 Å². The molecule has 0 bridgehead atoms. The number of ether oxygens (including phenoxy) is 2. The maximum Gasteiger partial charge on any atom is 0.222 e. The van der Waals surface area contributed by atoms with E-state index < -0.39 is 6.04 Å². The van der Waals surface area contributed by atoms with Gasteiger partial charge in [0.2, 0.25) is 5.91 Å². The monoisotopic (exact) mass is 346 g/mol. The summed E-state index contributed by atoms with van der Waals surface area (Å²) in [5.41, 5.74) is 8.92. The number of hydrogen-bond acceptors (Lipinski definition) is 5. The van der Waals surface area contributed by atoms with Gasteiger partial charge in [-0.25, -0.2) is 0 Å². The second-order valence-electron chi connectivity index (χ2n) is 5.80. The van der Waals surface area contributed by atoms with Crippen LogP contribution in [-0.4, -0.2) is 29.9 Å². The van der Waals surface area contributed by atoms with Crippen molar-refractivity contribution in [3.05, 3.63) is 41.2 Å². The van der Waals surface area contributed by atoms with Crippen LogP contribution in [0.1, 0.15) is 36.2 Å². The topological polar surface area (TPSA) is 91.4 Å². The molecule has 0 fully saturated rings. The molecular formula is C18H26N4O3. The smallest absolute Gasteiger partial charge is 0.222 e. The van der Waals surface area contributed by atoms with Gasteiger partial charge in [-0.05, 0) is 31.5 Å². The van der Waals surface area contributed by atoms with Gasteiger partial charge in [-0.15, -0.1) is 0 Å². The van der Waals surface area contributed by atoms with Crippen molar-refractivity contribution in [2.45, 2.75) is 39.4 Å². The van der Waals surface area contributed by atoms with Crippen molar-refractivity contribution in [3.63, 3.8) is 0 Å². The normalized spacial score (nSPS) is 11.9. The molecule has 3 N–H and O–H groups in total. The zero-order valence-corrected chi connectivity index (χ0v) is 15.2. The zero-order valence-electron chi connectivity index (χ0n) is 15.2. The Morgan fingerprint density at radius 2 is 2.04 bits per heavy atom. The Morgan fingerprint density at radius 1 is 1.32 bits per heavy atom. The van der Waals surface area contributed by atoms with Crippen molar-refractivity contribution in [1.29, 1.82) is 0 Å². The molecule has 0 unspecified atom stereocenters. The molecular weight excluding hydrogens is 320 g/mol. The third-order valence-electron chi connectivity index (χ3n) is 4.09. The summed E-state index contributed by atoms with van der Waals surface area (Å²) >= 11 is 0. The Labute approximate surface area is 148 Å². The summed E-state index contributed by atoms with van der Waals surface area (Å²) in [6.07, 6.45) is 2.14. The fourth-order valence-electron chi connectivity index (χ4n) is 2.56. The number of rotatable bonds is 8. The van der Waals surface area contributed by atoms with E-state index >= 15 is 0 Å². The van der Waals surface area contributed by atoms with Gasteiger partial charge in [-0.1, -0.05) is 6.07 Å². The van der Waals surface area contributed by atoms with Gasteiger partial charge in [0.15, 0.2) is 11.5 Å². The predicted octanol–water partition coefficient (Wildman–Crippen LogP) is 1.93. The fourth-order valence-corrected chi connectivity index (χ4v) is 2.56. The third-order valence-corrected chi connectivity index (χ3v) is 4.09. The first kappa shape index (κ1) is 18.8. The molecule has 0 aliphatic rings. The lowest BCUT2D eigenvalue weighted by Gasteiger charge is -2.15. The lowest BCUT2D eigenvalue weighted by molar-refractivity contribution is -0.121. The predicted molar refractivity (Wildman–Crippen MR) is 95.6 cm³/mol. The second-order valence-corrected chi connectivity index (χ2v) is 5.80. The Balaban J connectivity index is 1.94. The number of methoxy groups -OCH3 is 2. The molecule has 1 heterocycles. The first-order valence-corrected chi connectivity index (χ1v) is 8.25. The Bertz CT molecular complexity index is 727. The van der Waals surface area contributed by atoms with Crippen molar-refractivity contribution < 1.29 is 14.3 Å². The summed E-state index contributed by atoms with van der Waals surface area (Å²) in [5.74, 6) is 1.12. The number of nitrogens with two attached hydrogens (primary N) is 1. The average Bonchev–Trinajstić information content (AvgIpc) is 2.99. The number of carbonyl (C=O) groups excluding carboxylic acids is 1. The van der Waals surface area contributed by atoms with Crippen LogP contribution >= 0.6 is 0 Å². The summed E-state index contributed by atoms with van der Waals surface area (Å²) in [6.45, 7) is 5.21. The van der Waals surface area contributed by atoms with E-state index in [1.165, 1.54) is 0 Å². The van der Waals surface area contributed by atoms with Crippen LogP contribution < -0.4 is 20.5 Å². The minimum atomic E-state index is -0.417. The summed E-state index contributed by atoms with van der Waals surface area (Å²) in [4.78, 5) is 12.2. The van der Waals surface area contributed by atoms with E-state index in [1.807, 2.05) is 30.8 Å². The highest BCUT2D eigenvalue weighted by Gasteiger charge is 2.15. The zero-order chi connectivity index (χ0) is 18.4. The molecule has 0 aliphatic carbocycles. The molecule has 1 atom stereocenters. The molecule has 136 valence electrons. The molecule has 1 aromatic carbocycles. The number of carbonyl (C=O) groups is 1. The molecule has 0 saturated heterocycles. The minimum absolute atomic E-state index is 0.106. The molecule has 0 aliphatic heterocycles. The van der Waals surface area contributed by atoms with Gasteiger partial charge in [0.1, 0.15) is 0 Å². The van der Waals surface area contributed by atoms with E-state index in [1.54, 1.807) is 26.4 Å². The SMILES string of the molecule is CCn1cc(CNC(=O)C[C@H](N)c2ccc(OC)c(OC)c2)c(C)n1. The summed E-state index contributed by atoms with van der Waals surface area (Å²) < 4.78 is 12.3. The number of amides is 1. The molecule has 0 saturated carbocycles. The van der Waals surface area contributed by atoms with Crippen LogP contribution in [0.25, 0.3) is 0 Å². The average molecular weight is 346 g/mol. The number of nitrogens with one attached hydrogen (secondary N) is 1. The van der Waals surface area contributed by atoms with E-state index in [2.05, 4.69) is 10.4 Å². The van der Waals surface area contributed by atoms with Crippen LogP contribution in [0, 0.1) is 6.92 Å². The first-order chi connectivity index (χ1) is 12.0. The lowest BCUT2D eigenvalue weighted by Crippen LogP contribution is -2.27. The quantitative estimate of drug-likeness (QED) is 0.762. The molecule has 25 heavy (non-hydrogen) atoms. The first-order valence-electron chi connectivity index (χ1n) is 8.25. The van der Waals surface area contributed by atoms with E-state index in [9.17, 15) is 4.79 Å². The molecule has 1 amide bonds. The van der Waals surface area contributed by atoms with Gasteiger partial charge in [-0.2, -0.15) is 5.10 Å². The van der Waals surface area contributed by atoms with Gasteiger partial charge in [0.25, 0.3) is 0 Å². The number of hydrogen-bond donors (Lipinski definition) is 2. The van der Waals surface area contributed by atoms with Crippen LogP contribution in [0.4, 0.5) is 0 Å². The van der Waals surface area contributed by atoms with Gasteiger partial charge in [0.05, 0.1) is 19.9 Å². The van der Waals surface area contributed by atoms with Crippen molar-refractivity contribution in [2.24, 2.45) is 5.73 Å². The number of benzene rings is 1. The highest BCUT2D eigenvalue weighted by Crippen LogP contribution is 2.30. The maximum atomic E-state index is 12.2. The van der Waals surface area contributed by atoms with Gasteiger partial charge in [0, 0.05) is 37.3 Å². The highest BCUT2D eigenvalue weighted by molar-refractivity contribution is 5.76. The van der Waals surface area contributed by atoms with E-state index in [-0.39, 0.29) is 12.3 Å². The molecule has 1 aromatic heterocycles. The fraction of sp³-hybridized carbons (Fsp3) is 0.444. The Morgan fingerprint density at radius 3 is 2.64 bits per heavy atom. The van der Waals surface area contributed by atoms with Crippen molar-refractivity contribution in [1.82, 2.24) is 15.1 Å². The van der Waals surface area contributed by atoms with Gasteiger partial charge in [-0.3, -0.25) is 9.48 Å². The highest BCUT2D eigenvalue weighted by atomic mass is 16.5. The lowest BCUT2D eigenvalue weighted by atomic mass is 10.0. The molecule has 0 spiro atoms. The van der Waals surface area contributed by atoms with E-state index in [4.69, 9.17) is 15.2 Å². The van der Waals surface area contributed by atoms with E-state index in [0.29, 0.717) is 18.0 Å². The molecule has 7 nitrogen and oxygen atoms in total. The molecule has 0 radical (unpaired) electrons. The van der Waals surface area contributed by atoms with Crippen molar-refractivity contribution in [3.8, 4) is 11.5 Å². The van der Waals surface area contributed by atoms with Crippen molar-refractivity contribution in [2.75, 3.05) is 14.2 Å². The van der Waals surface area contributed by atoms with Crippen LogP contribution in [0.5, 0.6) is 11.5 Å². The van der Waals surface area contributed by atoms with Crippen LogP contribution in [0.15, 0.2) is 24.4 Å². The minimum Gasteiger partial charge on any atom is -0.493 e. The Hall–Kier alpha value is -2.54.